The Hall–Kier alpha value is -1.18. The van der Waals surface area contributed by atoms with Gasteiger partial charge in [0.05, 0.1) is 13.2 Å². The molecule has 0 N–H and O–H groups in total. The van der Waals surface area contributed by atoms with Gasteiger partial charge < -0.3 is 9.47 Å². The van der Waals surface area contributed by atoms with Gasteiger partial charge in [0.25, 0.3) is 0 Å². The molecule has 0 bridgehead atoms. The summed E-state index contributed by atoms with van der Waals surface area (Å²) in [4.78, 5) is 0. The molecule has 0 aliphatic carbocycles. The maximum absolute atomic E-state index is 5.81. The molecule has 0 spiro atoms. The minimum Gasteiger partial charge on any atom is -0.493 e. The molecule has 0 saturated carbocycles. The first-order chi connectivity index (χ1) is 10.9. The zero-order valence-corrected chi connectivity index (χ0v) is 14.6. The van der Waals surface area contributed by atoms with Crippen LogP contribution in [0.15, 0.2) is 24.3 Å². The van der Waals surface area contributed by atoms with E-state index in [9.17, 15) is 0 Å². The molecule has 126 valence electrons. The van der Waals surface area contributed by atoms with Crippen molar-refractivity contribution >= 4 is 0 Å². The lowest BCUT2D eigenvalue weighted by Gasteiger charge is -2.09. The molecule has 22 heavy (non-hydrogen) atoms. The Morgan fingerprint density at radius 2 is 1.09 bits per heavy atom. The first-order valence-corrected chi connectivity index (χ1v) is 9.22. The highest BCUT2D eigenvalue weighted by Gasteiger charge is 1.99. The van der Waals surface area contributed by atoms with Gasteiger partial charge in [0.15, 0.2) is 0 Å². The van der Waals surface area contributed by atoms with E-state index >= 15 is 0 Å². The second kappa shape index (κ2) is 13.5. The summed E-state index contributed by atoms with van der Waals surface area (Å²) in [6.45, 7) is 6.10. The third-order valence-corrected chi connectivity index (χ3v) is 3.84. The summed E-state index contributed by atoms with van der Waals surface area (Å²) in [5.41, 5.74) is 0. The molecular weight excluding hydrogens is 272 g/mol. The molecule has 1 aromatic carbocycles. The van der Waals surface area contributed by atoms with E-state index in [0.29, 0.717) is 0 Å². The van der Waals surface area contributed by atoms with Gasteiger partial charge >= 0.3 is 0 Å². The van der Waals surface area contributed by atoms with Crippen LogP contribution in [0, 0.1) is 0 Å². The molecule has 2 nitrogen and oxygen atoms in total. The Balaban J connectivity index is 2.13. The summed E-state index contributed by atoms with van der Waals surface area (Å²) in [5.74, 6) is 1.86. The standard InChI is InChI=1S/C20H34O2/c1-3-5-7-9-11-16-21-19-14-13-15-20(18-19)22-17-12-10-8-6-4-2/h13-15,18H,3-12,16-17H2,1-2H3. The van der Waals surface area contributed by atoms with E-state index in [1.807, 2.05) is 24.3 Å². The smallest absolute Gasteiger partial charge is 0.122 e. The molecule has 0 unspecified atom stereocenters. The van der Waals surface area contributed by atoms with Crippen LogP contribution >= 0.6 is 0 Å². The van der Waals surface area contributed by atoms with Gasteiger partial charge in [-0.25, -0.2) is 0 Å². The van der Waals surface area contributed by atoms with Gasteiger partial charge in [0.2, 0.25) is 0 Å². The quantitative estimate of drug-likeness (QED) is 0.371. The molecule has 0 saturated heterocycles. The van der Waals surface area contributed by atoms with Crippen molar-refractivity contribution in [2.24, 2.45) is 0 Å². The Morgan fingerprint density at radius 3 is 1.55 bits per heavy atom. The summed E-state index contributed by atoms with van der Waals surface area (Å²) in [6, 6.07) is 8.05. The van der Waals surface area contributed by atoms with Crippen LogP contribution in [0.4, 0.5) is 0 Å². The van der Waals surface area contributed by atoms with E-state index in [4.69, 9.17) is 9.47 Å². The Bertz CT molecular complexity index is 331. The lowest BCUT2D eigenvalue weighted by Crippen LogP contribution is -1.99. The highest BCUT2D eigenvalue weighted by molar-refractivity contribution is 5.32. The van der Waals surface area contributed by atoms with Crippen molar-refractivity contribution in [3.05, 3.63) is 24.3 Å². The predicted molar refractivity (Wildman–Crippen MR) is 95.0 cm³/mol. The van der Waals surface area contributed by atoms with E-state index < -0.39 is 0 Å². The van der Waals surface area contributed by atoms with Crippen molar-refractivity contribution in [1.82, 2.24) is 0 Å². The zero-order valence-electron chi connectivity index (χ0n) is 14.6. The number of hydrogen-bond donors (Lipinski definition) is 0. The van der Waals surface area contributed by atoms with Gasteiger partial charge in [-0.15, -0.1) is 0 Å². The Kier molecular flexibility index (Phi) is 11.6. The summed E-state index contributed by atoms with van der Waals surface area (Å²) in [6.07, 6.45) is 12.7. The van der Waals surface area contributed by atoms with Crippen LogP contribution in [0.5, 0.6) is 11.5 Å². The third-order valence-electron chi connectivity index (χ3n) is 3.84. The summed E-state index contributed by atoms with van der Waals surface area (Å²) in [5, 5.41) is 0. The summed E-state index contributed by atoms with van der Waals surface area (Å²) < 4.78 is 11.6. The molecule has 0 heterocycles. The van der Waals surface area contributed by atoms with Crippen LogP contribution < -0.4 is 9.47 Å². The van der Waals surface area contributed by atoms with Crippen LogP contribution in [0.1, 0.15) is 78.1 Å². The average Bonchev–Trinajstić information content (AvgIpc) is 2.54. The zero-order chi connectivity index (χ0) is 15.9. The molecule has 0 aliphatic rings. The van der Waals surface area contributed by atoms with Crippen LogP contribution in [-0.4, -0.2) is 13.2 Å². The van der Waals surface area contributed by atoms with Gasteiger partial charge in [-0.05, 0) is 25.0 Å². The lowest BCUT2D eigenvalue weighted by atomic mass is 10.2. The van der Waals surface area contributed by atoms with Crippen LogP contribution in [-0.2, 0) is 0 Å². The van der Waals surface area contributed by atoms with Crippen molar-refractivity contribution in [3.63, 3.8) is 0 Å². The van der Waals surface area contributed by atoms with E-state index in [0.717, 1.165) is 37.6 Å². The second-order valence-corrected chi connectivity index (χ2v) is 6.00. The fraction of sp³-hybridized carbons (Fsp3) is 0.700. The van der Waals surface area contributed by atoms with E-state index in [2.05, 4.69) is 13.8 Å². The topological polar surface area (TPSA) is 18.5 Å². The van der Waals surface area contributed by atoms with Crippen LogP contribution in [0.25, 0.3) is 0 Å². The maximum Gasteiger partial charge on any atom is 0.122 e. The molecule has 1 aromatic rings. The van der Waals surface area contributed by atoms with Crippen LogP contribution in [0.2, 0.25) is 0 Å². The highest BCUT2D eigenvalue weighted by Crippen LogP contribution is 2.20. The molecule has 2 heteroatoms. The monoisotopic (exact) mass is 306 g/mol. The Labute approximate surface area is 137 Å². The maximum atomic E-state index is 5.81. The molecule has 0 atom stereocenters. The first kappa shape index (κ1) is 18.9. The van der Waals surface area contributed by atoms with Crippen molar-refractivity contribution in [3.8, 4) is 11.5 Å². The SMILES string of the molecule is CCCCCCCOc1cccc(OCCCCCCC)c1. The summed E-state index contributed by atoms with van der Waals surface area (Å²) >= 11 is 0. The predicted octanol–water partition coefficient (Wildman–Crippen LogP) is 6.39. The van der Waals surface area contributed by atoms with Crippen molar-refractivity contribution < 1.29 is 9.47 Å². The molecule has 0 radical (unpaired) electrons. The number of ether oxygens (including phenoxy) is 2. The summed E-state index contributed by atoms with van der Waals surface area (Å²) in [7, 11) is 0. The fourth-order valence-electron chi connectivity index (χ4n) is 2.45. The van der Waals surface area contributed by atoms with E-state index in [1.165, 1.54) is 51.4 Å². The van der Waals surface area contributed by atoms with Crippen molar-refractivity contribution in [2.75, 3.05) is 13.2 Å². The van der Waals surface area contributed by atoms with Gasteiger partial charge in [-0.2, -0.15) is 0 Å². The number of rotatable bonds is 14. The van der Waals surface area contributed by atoms with Gasteiger partial charge in [0, 0.05) is 6.07 Å². The van der Waals surface area contributed by atoms with E-state index in [-0.39, 0.29) is 0 Å². The number of benzene rings is 1. The van der Waals surface area contributed by atoms with Crippen molar-refractivity contribution in [1.29, 1.82) is 0 Å². The lowest BCUT2D eigenvalue weighted by molar-refractivity contribution is 0.290. The fourth-order valence-corrected chi connectivity index (χ4v) is 2.45. The normalized spacial score (nSPS) is 10.6. The molecule has 0 aromatic heterocycles. The minimum atomic E-state index is 0.810. The largest absolute Gasteiger partial charge is 0.493 e. The second-order valence-electron chi connectivity index (χ2n) is 6.00. The van der Waals surface area contributed by atoms with Gasteiger partial charge in [0.1, 0.15) is 11.5 Å². The minimum absolute atomic E-state index is 0.810. The molecule has 0 fully saturated rings. The molecule has 0 amide bonds. The van der Waals surface area contributed by atoms with Gasteiger partial charge in [-0.3, -0.25) is 0 Å². The average molecular weight is 306 g/mol. The molecule has 0 aliphatic heterocycles. The first-order valence-electron chi connectivity index (χ1n) is 9.22. The number of hydrogen-bond acceptors (Lipinski definition) is 2. The molecule has 1 rings (SSSR count). The van der Waals surface area contributed by atoms with E-state index in [1.54, 1.807) is 0 Å². The Morgan fingerprint density at radius 1 is 0.636 bits per heavy atom. The van der Waals surface area contributed by atoms with Crippen molar-refractivity contribution in [2.45, 2.75) is 78.1 Å². The third kappa shape index (κ3) is 9.70. The van der Waals surface area contributed by atoms with Gasteiger partial charge in [-0.1, -0.05) is 71.3 Å². The highest BCUT2D eigenvalue weighted by atomic mass is 16.5. The molecular formula is C20H34O2. The van der Waals surface area contributed by atoms with Crippen LogP contribution in [0.3, 0.4) is 0 Å². The number of unbranched alkanes of at least 4 members (excludes halogenated alkanes) is 8.